The monoisotopic (exact) mass is 383 g/mol. The van der Waals surface area contributed by atoms with Crippen LogP contribution in [0.5, 0.6) is 5.75 Å². The second-order valence-corrected chi connectivity index (χ2v) is 7.20. The molecule has 2 aromatic rings. The Labute approximate surface area is 167 Å². The van der Waals surface area contributed by atoms with Crippen LogP contribution < -0.4 is 10.1 Å². The van der Waals surface area contributed by atoms with Gasteiger partial charge in [0, 0.05) is 5.69 Å². The summed E-state index contributed by atoms with van der Waals surface area (Å²) >= 11 is 0. The largest absolute Gasteiger partial charge is 0.481 e. The van der Waals surface area contributed by atoms with Gasteiger partial charge in [0.1, 0.15) is 5.75 Å². The lowest BCUT2D eigenvalue weighted by Crippen LogP contribution is -2.30. The number of carbonyl (C=O) groups excluding carboxylic acids is 2. The van der Waals surface area contributed by atoms with Gasteiger partial charge >= 0.3 is 5.97 Å². The topological polar surface area (TPSA) is 64.6 Å². The molecule has 0 aromatic heterocycles. The van der Waals surface area contributed by atoms with E-state index in [0.717, 1.165) is 22.4 Å². The first-order valence-corrected chi connectivity index (χ1v) is 9.58. The van der Waals surface area contributed by atoms with Crippen molar-refractivity contribution in [3.63, 3.8) is 0 Å². The molecule has 2 rings (SSSR count). The van der Waals surface area contributed by atoms with Gasteiger partial charge in [-0.3, -0.25) is 4.79 Å². The maximum atomic E-state index is 12.6. The second-order valence-electron chi connectivity index (χ2n) is 7.20. The zero-order valence-electron chi connectivity index (χ0n) is 17.5. The Hall–Kier alpha value is -2.82. The van der Waals surface area contributed by atoms with Gasteiger partial charge in [0.15, 0.2) is 6.10 Å². The zero-order valence-corrected chi connectivity index (χ0v) is 17.5. The van der Waals surface area contributed by atoms with Crippen molar-refractivity contribution >= 4 is 17.6 Å². The molecule has 5 heteroatoms. The van der Waals surface area contributed by atoms with Crippen LogP contribution in [0, 0.1) is 13.8 Å². The van der Waals surface area contributed by atoms with Gasteiger partial charge in [0.25, 0.3) is 5.91 Å². The average molecular weight is 383 g/mol. The highest BCUT2D eigenvalue weighted by Gasteiger charge is 2.19. The summed E-state index contributed by atoms with van der Waals surface area (Å²) in [7, 11) is 0. The van der Waals surface area contributed by atoms with E-state index in [0.29, 0.717) is 23.8 Å². The predicted octanol–water partition coefficient (Wildman–Crippen LogP) is 5.01. The van der Waals surface area contributed by atoms with Gasteiger partial charge in [-0.1, -0.05) is 26.0 Å². The summed E-state index contributed by atoms with van der Waals surface area (Å²) in [6.07, 6.45) is -0.663. The molecule has 1 atom stereocenters. The van der Waals surface area contributed by atoms with Crippen molar-refractivity contribution in [2.24, 2.45) is 0 Å². The summed E-state index contributed by atoms with van der Waals surface area (Å²) in [5.41, 5.74) is 4.03. The first-order valence-electron chi connectivity index (χ1n) is 9.58. The second kappa shape index (κ2) is 9.40. The minimum Gasteiger partial charge on any atom is -0.481 e. The van der Waals surface area contributed by atoms with Crippen LogP contribution in [0.3, 0.4) is 0 Å². The van der Waals surface area contributed by atoms with Gasteiger partial charge < -0.3 is 14.8 Å². The quantitative estimate of drug-likeness (QED) is 0.683. The number of nitrogens with one attached hydrogen (secondary N) is 1. The van der Waals surface area contributed by atoms with Gasteiger partial charge in [-0.25, -0.2) is 4.79 Å². The van der Waals surface area contributed by atoms with Crippen LogP contribution in [0.2, 0.25) is 0 Å². The Morgan fingerprint density at radius 2 is 1.75 bits per heavy atom. The van der Waals surface area contributed by atoms with E-state index in [-0.39, 0.29) is 11.9 Å². The van der Waals surface area contributed by atoms with E-state index in [1.165, 1.54) is 0 Å². The molecule has 0 heterocycles. The highest BCUT2D eigenvalue weighted by Crippen LogP contribution is 2.28. The Morgan fingerprint density at radius 3 is 2.36 bits per heavy atom. The van der Waals surface area contributed by atoms with Crippen molar-refractivity contribution in [1.29, 1.82) is 0 Å². The number of benzene rings is 2. The van der Waals surface area contributed by atoms with E-state index in [9.17, 15) is 9.59 Å². The molecule has 0 fully saturated rings. The third-order valence-corrected chi connectivity index (χ3v) is 4.46. The Kier molecular flexibility index (Phi) is 7.21. The third-order valence-electron chi connectivity index (χ3n) is 4.46. The number of hydrogen-bond acceptors (Lipinski definition) is 4. The lowest BCUT2D eigenvalue weighted by atomic mass is 10.0. The maximum Gasteiger partial charge on any atom is 0.338 e. The standard InChI is InChI=1S/C23H29NO4/c1-7-27-23(26)18-9-11-20(16(5)13-18)24-22(25)17(6)28-21-12-15(4)8-10-19(21)14(2)3/h8-14,17H,7H2,1-6H3,(H,24,25). The molecule has 0 spiro atoms. The summed E-state index contributed by atoms with van der Waals surface area (Å²) in [6, 6.07) is 11.1. The van der Waals surface area contributed by atoms with E-state index < -0.39 is 6.10 Å². The van der Waals surface area contributed by atoms with Gasteiger partial charge in [0.05, 0.1) is 12.2 Å². The fourth-order valence-corrected chi connectivity index (χ4v) is 2.84. The fourth-order valence-electron chi connectivity index (χ4n) is 2.84. The molecule has 0 saturated carbocycles. The molecule has 2 aromatic carbocycles. The summed E-state index contributed by atoms with van der Waals surface area (Å²) in [6.45, 7) is 11.8. The van der Waals surface area contributed by atoms with E-state index in [2.05, 4.69) is 19.2 Å². The summed E-state index contributed by atoms with van der Waals surface area (Å²) in [5.74, 6) is 0.402. The molecular weight excluding hydrogens is 354 g/mol. The first-order chi connectivity index (χ1) is 13.2. The summed E-state index contributed by atoms with van der Waals surface area (Å²) in [4.78, 5) is 24.5. The molecule has 5 nitrogen and oxygen atoms in total. The molecular formula is C23H29NO4. The Bertz CT molecular complexity index is 858. The van der Waals surface area contributed by atoms with Crippen molar-refractivity contribution in [3.05, 3.63) is 58.7 Å². The van der Waals surface area contributed by atoms with Crippen LogP contribution in [0.15, 0.2) is 36.4 Å². The summed E-state index contributed by atoms with van der Waals surface area (Å²) in [5, 5.41) is 2.88. The molecule has 0 aliphatic rings. The third kappa shape index (κ3) is 5.35. The minimum atomic E-state index is -0.663. The average Bonchev–Trinajstić information content (AvgIpc) is 2.63. The SMILES string of the molecule is CCOC(=O)c1ccc(NC(=O)C(C)Oc2cc(C)ccc2C(C)C)c(C)c1. The van der Waals surface area contributed by atoms with Crippen LogP contribution in [-0.2, 0) is 9.53 Å². The fraction of sp³-hybridized carbons (Fsp3) is 0.391. The van der Waals surface area contributed by atoms with Crippen molar-refractivity contribution in [1.82, 2.24) is 0 Å². The number of aryl methyl sites for hydroxylation is 2. The number of amides is 1. The van der Waals surface area contributed by atoms with Crippen molar-refractivity contribution < 1.29 is 19.1 Å². The van der Waals surface area contributed by atoms with Crippen LogP contribution in [0.1, 0.15) is 60.7 Å². The van der Waals surface area contributed by atoms with Crippen molar-refractivity contribution in [3.8, 4) is 5.75 Å². The van der Waals surface area contributed by atoms with E-state index >= 15 is 0 Å². The molecule has 0 saturated heterocycles. The number of anilines is 1. The van der Waals surface area contributed by atoms with Gasteiger partial charge in [0.2, 0.25) is 0 Å². The number of esters is 1. The van der Waals surface area contributed by atoms with Gasteiger partial charge in [-0.2, -0.15) is 0 Å². The van der Waals surface area contributed by atoms with E-state index in [4.69, 9.17) is 9.47 Å². The molecule has 28 heavy (non-hydrogen) atoms. The first kappa shape index (κ1) is 21.5. The molecule has 1 amide bonds. The number of hydrogen-bond donors (Lipinski definition) is 1. The Balaban J connectivity index is 2.11. The van der Waals surface area contributed by atoms with E-state index in [1.807, 2.05) is 32.0 Å². The lowest BCUT2D eigenvalue weighted by molar-refractivity contribution is -0.122. The lowest BCUT2D eigenvalue weighted by Gasteiger charge is -2.20. The number of rotatable bonds is 7. The number of carbonyl (C=O) groups is 2. The predicted molar refractivity (Wildman–Crippen MR) is 111 cm³/mol. The number of ether oxygens (including phenoxy) is 2. The molecule has 0 aliphatic heterocycles. The summed E-state index contributed by atoms with van der Waals surface area (Å²) < 4.78 is 11.0. The van der Waals surface area contributed by atoms with Crippen molar-refractivity contribution in [2.45, 2.75) is 53.6 Å². The van der Waals surface area contributed by atoms with Crippen LogP contribution >= 0.6 is 0 Å². The van der Waals surface area contributed by atoms with Crippen LogP contribution in [0.4, 0.5) is 5.69 Å². The van der Waals surface area contributed by atoms with Crippen LogP contribution in [0.25, 0.3) is 0 Å². The maximum absolute atomic E-state index is 12.6. The van der Waals surface area contributed by atoms with Gasteiger partial charge in [-0.15, -0.1) is 0 Å². The molecule has 0 bridgehead atoms. The Morgan fingerprint density at radius 1 is 1.04 bits per heavy atom. The molecule has 150 valence electrons. The zero-order chi connectivity index (χ0) is 20.8. The van der Waals surface area contributed by atoms with Gasteiger partial charge in [-0.05, 0) is 74.6 Å². The van der Waals surface area contributed by atoms with Crippen LogP contribution in [-0.4, -0.2) is 24.6 Å². The van der Waals surface area contributed by atoms with E-state index in [1.54, 1.807) is 32.0 Å². The highest BCUT2D eigenvalue weighted by molar-refractivity contribution is 5.96. The minimum absolute atomic E-state index is 0.247. The molecule has 1 unspecified atom stereocenters. The van der Waals surface area contributed by atoms with Crippen molar-refractivity contribution in [2.75, 3.05) is 11.9 Å². The highest BCUT2D eigenvalue weighted by atomic mass is 16.5. The molecule has 0 radical (unpaired) electrons. The molecule has 0 aliphatic carbocycles. The smallest absolute Gasteiger partial charge is 0.338 e. The normalized spacial score (nSPS) is 11.8. The molecule has 1 N–H and O–H groups in total.